The van der Waals surface area contributed by atoms with Crippen molar-refractivity contribution in [3.05, 3.63) is 35.9 Å². The molecule has 0 saturated carbocycles. The second-order valence-corrected chi connectivity index (χ2v) is 7.32. The molecule has 4 nitrogen and oxygen atoms in total. The summed E-state index contributed by atoms with van der Waals surface area (Å²) in [7, 11) is 4.20. The van der Waals surface area contributed by atoms with Crippen LogP contribution >= 0.6 is 0 Å². The summed E-state index contributed by atoms with van der Waals surface area (Å²) in [5, 5.41) is 0. The van der Waals surface area contributed by atoms with Gasteiger partial charge in [0.1, 0.15) is 13.2 Å². The van der Waals surface area contributed by atoms with Crippen molar-refractivity contribution in [2.45, 2.75) is 51.9 Å². The molecule has 0 radical (unpaired) electrons. The smallest absolute Gasteiger partial charge is 0.338 e. The number of nitrogens with zero attached hydrogens (tertiary/aromatic N) is 1. The van der Waals surface area contributed by atoms with Crippen LogP contribution in [0.4, 0.5) is 0 Å². The van der Waals surface area contributed by atoms with Gasteiger partial charge in [0.25, 0.3) is 0 Å². The minimum absolute atomic E-state index is 0.260. The lowest BCUT2D eigenvalue weighted by molar-refractivity contribution is -0.909. The first-order valence-corrected chi connectivity index (χ1v) is 9.67. The zero-order valence-corrected chi connectivity index (χ0v) is 16.3. The molecular formula is C21H36NO3+. The molecule has 0 unspecified atom stereocenters. The molecule has 0 saturated heterocycles. The van der Waals surface area contributed by atoms with E-state index in [1.54, 1.807) is 12.1 Å². The SMILES string of the molecule is CCCCCCCCCOC[N+](C)(C)CCOC(=O)c1ccccc1. The maximum atomic E-state index is 11.9. The molecule has 0 fully saturated rings. The lowest BCUT2D eigenvalue weighted by atomic mass is 10.1. The Labute approximate surface area is 153 Å². The quantitative estimate of drug-likeness (QED) is 0.212. The molecule has 0 amide bonds. The molecular weight excluding hydrogens is 314 g/mol. The van der Waals surface area contributed by atoms with Crippen molar-refractivity contribution >= 4 is 5.97 Å². The van der Waals surface area contributed by atoms with Crippen molar-refractivity contribution in [2.75, 3.05) is 40.6 Å². The van der Waals surface area contributed by atoms with Crippen LogP contribution in [-0.2, 0) is 9.47 Å². The van der Waals surface area contributed by atoms with Gasteiger partial charge in [-0.15, -0.1) is 0 Å². The fourth-order valence-electron chi connectivity index (χ4n) is 2.58. The Kier molecular flexibility index (Phi) is 11.2. The van der Waals surface area contributed by atoms with Crippen LogP contribution in [0.5, 0.6) is 0 Å². The Balaban J connectivity index is 2.04. The van der Waals surface area contributed by atoms with E-state index >= 15 is 0 Å². The van der Waals surface area contributed by atoms with Crippen LogP contribution in [-0.4, -0.2) is 51.0 Å². The van der Waals surface area contributed by atoms with E-state index in [1.165, 1.54) is 38.5 Å². The number of ether oxygens (including phenoxy) is 2. The first kappa shape index (κ1) is 21.7. The van der Waals surface area contributed by atoms with Gasteiger partial charge in [-0.05, 0) is 18.6 Å². The summed E-state index contributed by atoms with van der Waals surface area (Å²) in [5.41, 5.74) is 0.600. The van der Waals surface area contributed by atoms with Crippen LogP contribution in [0.25, 0.3) is 0 Å². The molecule has 1 rings (SSSR count). The number of esters is 1. The molecule has 0 aliphatic rings. The van der Waals surface area contributed by atoms with Gasteiger partial charge in [-0.2, -0.15) is 0 Å². The number of benzene rings is 1. The molecule has 0 atom stereocenters. The molecule has 1 aromatic rings. The third kappa shape index (κ3) is 11.0. The molecule has 0 bridgehead atoms. The predicted octanol–water partition coefficient (Wildman–Crippen LogP) is 4.64. The van der Waals surface area contributed by atoms with Crippen LogP contribution in [0.1, 0.15) is 62.2 Å². The Morgan fingerprint density at radius 2 is 1.56 bits per heavy atom. The fourth-order valence-corrected chi connectivity index (χ4v) is 2.58. The van der Waals surface area contributed by atoms with E-state index in [1.807, 2.05) is 18.2 Å². The maximum Gasteiger partial charge on any atom is 0.338 e. The highest BCUT2D eigenvalue weighted by Gasteiger charge is 2.16. The Morgan fingerprint density at radius 1 is 0.920 bits per heavy atom. The third-order valence-electron chi connectivity index (χ3n) is 4.27. The number of hydrogen-bond acceptors (Lipinski definition) is 3. The van der Waals surface area contributed by atoms with Crippen molar-refractivity contribution in [3.8, 4) is 0 Å². The minimum Gasteiger partial charge on any atom is -0.456 e. The topological polar surface area (TPSA) is 35.5 Å². The van der Waals surface area contributed by atoms with Gasteiger partial charge < -0.3 is 14.0 Å². The van der Waals surface area contributed by atoms with Crippen LogP contribution in [0, 0.1) is 0 Å². The van der Waals surface area contributed by atoms with Crippen molar-refractivity contribution < 1.29 is 18.8 Å². The van der Waals surface area contributed by atoms with E-state index in [4.69, 9.17) is 9.47 Å². The highest BCUT2D eigenvalue weighted by Crippen LogP contribution is 2.07. The molecule has 4 heteroatoms. The van der Waals surface area contributed by atoms with Crippen LogP contribution < -0.4 is 0 Å². The average Bonchev–Trinajstić information content (AvgIpc) is 2.61. The van der Waals surface area contributed by atoms with Crippen LogP contribution in [0.15, 0.2) is 30.3 Å². The van der Waals surface area contributed by atoms with E-state index in [0.717, 1.165) is 19.6 Å². The summed E-state index contributed by atoms with van der Waals surface area (Å²) < 4.78 is 11.8. The highest BCUT2D eigenvalue weighted by atomic mass is 16.5. The van der Waals surface area contributed by atoms with E-state index < -0.39 is 0 Å². The van der Waals surface area contributed by atoms with Crippen molar-refractivity contribution in [1.29, 1.82) is 0 Å². The summed E-state index contributed by atoms with van der Waals surface area (Å²) in [4.78, 5) is 11.9. The van der Waals surface area contributed by atoms with Gasteiger partial charge in [-0.25, -0.2) is 4.79 Å². The van der Waals surface area contributed by atoms with Crippen molar-refractivity contribution in [3.63, 3.8) is 0 Å². The number of unbranched alkanes of at least 4 members (excludes halogenated alkanes) is 6. The number of likely N-dealkylation sites (N-methyl/N-ethyl adjacent to an activating group) is 1. The number of carbonyl (C=O) groups excluding carboxylic acids is 1. The second kappa shape index (κ2) is 12.9. The lowest BCUT2D eigenvalue weighted by Crippen LogP contribution is -2.44. The van der Waals surface area contributed by atoms with Gasteiger partial charge in [0.15, 0.2) is 6.73 Å². The number of quaternary nitrogens is 1. The summed E-state index contributed by atoms with van der Waals surface area (Å²) in [6.45, 7) is 4.87. The number of rotatable bonds is 14. The van der Waals surface area contributed by atoms with Gasteiger partial charge >= 0.3 is 5.97 Å². The molecule has 0 spiro atoms. The Morgan fingerprint density at radius 3 is 2.24 bits per heavy atom. The van der Waals surface area contributed by atoms with E-state index in [9.17, 15) is 4.79 Å². The molecule has 0 aliphatic carbocycles. The molecule has 0 heterocycles. The molecule has 142 valence electrons. The summed E-state index contributed by atoms with van der Waals surface area (Å²) >= 11 is 0. The van der Waals surface area contributed by atoms with Crippen molar-refractivity contribution in [2.24, 2.45) is 0 Å². The lowest BCUT2D eigenvalue weighted by Gasteiger charge is -2.28. The van der Waals surface area contributed by atoms with Gasteiger partial charge in [-0.3, -0.25) is 0 Å². The van der Waals surface area contributed by atoms with E-state index in [2.05, 4.69) is 21.0 Å². The van der Waals surface area contributed by atoms with Gasteiger partial charge in [0, 0.05) is 0 Å². The normalized spacial score (nSPS) is 11.5. The standard InChI is InChI=1S/C21H36NO3/c1-4-5-6-7-8-9-13-17-24-19-22(2,3)16-18-25-21(23)20-14-11-10-12-15-20/h10-12,14-15H,4-9,13,16-19H2,1-3H3/q+1. The summed E-state index contributed by atoms with van der Waals surface area (Å²) in [5.74, 6) is -0.260. The first-order chi connectivity index (χ1) is 12.0. The Hall–Kier alpha value is -1.39. The highest BCUT2D eigenvalue weighted by molar-refractivity contribution is 5.89. The maximum absolute atomic E-state index is 11.9. The number of carbonyl (C=O) groups is 1. The largest absolute Gasteiger partial charge is 0.456 e. The molecule has 1 aromatic carbocycles. The van der Waals surface area contributed by atoms with Gasteiger partial charge in [-0.1, -0.05) is 63.6 Å². The van der Waals surface area contributed by atoms with Gasteiger partial charge in [0.05, 0.1) is 26.3 Å². The zero-order valence-electron chi connectivity index (χ0n) is 16.3. The fraction of sp³-hybridized carbons (Fsp3) is 0.667. The van der Waals surface area contributed by atoms with Crippen LogP contribution in [0.3, 0.4) is 0 Å². The summed E-state index contributed by atoms with van der Waals surface area (Å²) in [6.07, 6.45) is 9.08. The molecule has 25 heavy (non-hydrogen) atoms. The van der Waals surface area contributed by atoms with Crippen LogP contribution in [0.2, 0.25) is 0 Å². The van der Waals surface area contributed by atoms with Gasteiger partial charge in [0.2, 0.25) is 0 Å². The monoisotopic (exact) mass is 350 g/mol. The average molecular weight is 351 g/mol. The first-order valence-electron chi connectivity index (χ1n) is 9.67. The Bertz CT molecular complexity index is 459. The zero-order chi connectivity index (χ0) is 18.4. The third-order valence-corrected chi connectivity index (χ3v) is 4.27. The number of hydrogen-bond donors (Lipinski definition) is 0. The van der Waals surface area contributed by atoms with E-state index in [-0.39, 0.29) is 5.97 Å². The molecule has 0 aromatic heterocycles. The molecule has 0 aliphatic heterocycles. The van der Waals surface area contributed by atoms with Crippen molar-refractivity contribution in [1.82, 2.24) is 0 Å². The van der Waals surface area contributed by atoms with E-state index in [0.29, 0.717) is 23.4 Å². The minimum atomic E-state index is -0.260. The molecule has 0 N–H and O–H groups in total. The second-order valence-electron chi connectivity index (χ2n) is 7.32. The summed E-state index contributed by atoms with van der Waals surface area (Å²) in [6, 6.07) is 9.11. The predicted molar refractivity (Wildman–Crippen MR) is 103 cm³/mol.